The van der Waals surface area contributed by atoms with Crippen molar-refractivity contribution >= 4 is 0 Å². The van der Waals surface area contributed by atoms with E-state index in [1.807, 2.05) is 13.8 Å². The number of halogens is 3. The Morgan fingerprint density at radius 1 is 1.25 bits per heavy atom. The number of hydrogen-bond donors (Lipinski definition) is 1. The second kappa shape index (κ2) is 7.86. The molecule has 0 aliphatic rings. The largest absolute Gasteiger partial charge is 0.411 e. The monoisotopic (exact) mass is 243 g/mol. The Hall–Kier alpha value is -0.330. The maximum atomic E-state index is 11.7. The molecule has 1 atom stereocenters. The lowest BCUT2D eigenvalue weighted by atomic mass is 10.1. The minimum Gasteiger partial charge on any atom is -0.383 e. The normalized spacial score (nSPS) is 14.4. The minimum atomic E-state index is -4.25. The van der Waals surface area contributed by atoms with Gasteiger partial charge in [0.1, 0.15) is 6.61 Å². The number of rotatable bonds is 8. The molecule has 0 amide bonds. The van der Waals surface area contributed by atoms with Gasteiger partial charge in [0, 0.05) is 19.7 Å². The number of ether oxygens (including phenoxy) is 2. The minimum absolute atomic E-state index is 0.0481. The van der Waals surface area contributed by atoms with Crippen LogP contribution in [0.25, 0.3) is 0 Å². The van der Waals surface area contributed by atoms with E-state index in [1.165, 1.54) is 0 Å². The van der Waals surface area contributed by atoms with E-state index in [1.54, 1.807) is 7.11 Å². The first kappa shape index (κ1) is 15.7. The highest BCUT2D eigenvalue weighted by Gasteiger charge is 2.27. The van der Waals surface area contributed by atoms with Crippen LogP contribution in [0.1, 0.15) is 13.8 Å². The Bertz CT molecular complexity index is 174. The molecule has 0 radical (unpaired) electrons. The molecular formula is C10H20F3NO2. The second-order valence-corrected chi connectivity index (χ2v) is 3.93. The van der Waals surface area contributed by atoms with Crippen molar-refractivity contribution in [2.45, 2.75) is 26.1 Å². The number of nitrogens with one attached hydrogen (secondary N) is 1. The number of hydrogen-bond acceptors (Lipinski definition) is 3. The molecule has 0 rings (SSSR count). The summed E-state index contributed by atoms with van der Waals surface area (Å²) in [5.41, 5.74) is 0. The smallest absolute Gasteiger partial charge is 0.383 e. The summed E-state index contributed by atoms with van der Waals surface area (Å²) in [5, 5.41) is 3.09. The van der Waals surface area contributed by atoms with Crippen molar-refractivity contribution in [3.05, 3.63) is 0 Å². The fraction of sp³-hybridized carbons (Fsp3) is 1.00. The second-order valence-electron chi connectivity index (χ2n) is 3.93. The lowest BCUT2D eigenvalue weighted by molar-refractivity contribution is -0.173. The van der Waals surface area contributed by atoms with Gasteiger partial charge in [0.15, 0.2) is 0 Å². The van der Waals surface area contributed by atoms with Crippen LogP contribution in [0.2, 0.25) is 0 Å². The van der Waals surface area contributed by atoms with E-state index in [2.05, 4.69) is 10.1 Å². The molecular weight excluding hydrogens is 223 g/mol. The molecule has 0 aliphatic carbocycles. The molecule has 16 heavy (non-hydrogen) atoms. The van der Waals surface area contributed by atoms with Gasteiger partial charge in [0.25, 0.3) is 0 Å². The van der Waals surface area contributed by atoms with Crippen LogP contribution < -0.4 is 5.32 Å². The summed E-state index contributed by atoms with van der Waals surface area (Å²) in [6.07, 6.45) is -4.25. The topological polar surface area (TPSA) is 30.5 Å². The van der Waals surface area contributed by atoms with Crippen LogP contribution in [0.15, 0.2) is 0 Å². The van der Waals surface area contributed by atoms with Gasteiger partial charge in [0.05, 0.1) is 13.2 Å². The first-order valence-electron chi connectivity index (χ1n) is 5.23. The molecule has 0 aromatic heterocycles. The van der Waals surface area contributed by atoms with Crippen LogP contribution >= 0.6 is 0 Å². The molecule has 0 aliphatic heterocycles. The highest BCUT2D eigenvalue weighted by atomic mass is 19.4. The molecule has 3 nitrogen and oxygen atoms in total. The average Bonchev–Trinajstić information content (AvgIpc) is 2.13. The van der Waals surface area contributed by atoms with Gasteiger partial charge in [-0.25, -0.2) is 0 Å². The van der Waals surface area contributed by atoms with Crippen molar-refractivity contribution in [1.82, 2.24) is 5.32 Å². The molecule has 6 heteroatoms. The average molecular weight is 243 g/mol. The summed E-state index contributed by atoms with van der Waals surface area (Å²) in [6.45, 7) is 3.83. The van der Waals surface area contributed by atoms with E-state index in [-0.39, 0.29) is 12.6 Å². The van der Waals surface area contributed by atoms with E-state index in [0.717, 1.165) is 0 Å². The highest BCUT2D eigenvalue weighted by Crippen LogP contribution is 2.14. The first-order chi connectivity index (χ1) is 7.37. The molecule has 0 heterocycles. The van der Waals surface area contributed by atoms with Crippen LogP contribution in [-0.4, -0.2) is 45.7 Å². The van der Waals surface area contributed by atoms with Gasteiger partial charge < -0.3 is 14.8 Å². The predicted octanol–water partition coefficient (Wildman–Crippen LogP) is 1.83. The van der Waals surface area contributed by atoms with E-state index in [4.69, 9.17) is 4.74 Å². The van der Waals surface area contributed by atoms with Crippen molar-refractivity contribution in [1.29, 1.82) is 0 Å². The predicted molar refractivity (Wildman–Crippen MR) is 55.4 cm³/mol. The van der Waals surface area contributed by atoms with E-state index < -0.39 is 12.8 Å². The zero-order valence-electron chi connectivity index (χ0n) is 9.93. The Labute approximate surface area is 94.3 Å². The summed E-state index contributed by atoms with van der Waals surface area (Å²) in [7, 11) is 1.59. The molecule has 0 bridgehead atoms. The molecule has 1 unspecified atom stereocenters. The van der Waals surface area contributed by atoms with Crippen LogP contribution in [0, 0.1) is 5.92 Å². The van der Waals surface area contributed by atoms with Crippen LogP contribution in [0.4, 0.5) is 13.2 Å². The third kappa shape index (κ3) is 8.94. The molecule has 0 aromatic rings. The molecule has 0 saturated carbocycles. The number of methoxy groups -OCH3 is 1. The van der Waals surface area contributed by atoms with Crippen molar-refractivity contribution in [2.24, 2.45) is 5.92 Å². The molecule has 98 valence electrons. The summed E-state index contributed by atoms with van der Waals surface area (Å²) < 4.78 is 44.6. The number of alkyl halides is 3. The Morgan fingerprint density at radius 2 is 1.88 bits per heavy atom. The molecule has 0 saturated heterocycles. The highest BCUT2D eigenvalue weighted by molar-refractivity contribution is 4.69. The maximum absolute atomic E-state index is 11.7. The van der Waals surface area contributed by atoms with Crippen molar-refractivity contribution in [3.63, 3.8) is 0 Å². The molecule has 0 spiro atoms. The first-order valence-corrected chi connectivity index (χ1v) is 5.23. The molecule has 1 N–H and O–H groups in total. The standard InChI is InChI=1S/C10H20F3NO2/c1-8(2)9(6-15-3)14-4-5-16-7-10(11,12)13/h8-9,14H,4-7H2,1-3H3. The zero-order chi connectivity index (χ0) is 12.6. The fourth-order valence-corrected chi connectivity index (χ4v) is 1.17. The molecule has 0 aromatic carbocycles. The third-order valence-electron chi connectivity index (χ3n) is 2.07. The Morgan fingerprint density at radius 3 is 2.31 bits per heavy atom. The summed E-state index contributed by atoms with van der Waals surface area (Å²) >= 11 is 0. The van der Waals surface area contributed by atoms with Crippen molar-refractivity contribution < 1.29 is 22.6 Å². The van der Waals surface area contributed by atoms with Gasteiger partial charge >= 0.3 is 6.18 Å². The van der Waals surface area contributed by atoms with Gasteiger partial charge in [-0.2, -0.15) is 13.2 Å². The lowest BCUT2D eigenvalue weighted by Gasteiger charge is -2.21. The summed E-state index contributed by atoms with van der Waals surface area (Å²) in [6, 6.07) is 0.138. The van der Waals surface area contributed by atoms with Crippen LogP contribution in [0.5, 0.6) is 0 Å². The van der Waals surface area contributed by atoms with Gasteiger partial charge in [0.2, 0.25) is 0 Å². The molecule has 0 fully saturated rings. The van der Waals surface area contributed by atoms with Crippen molar-refractivity contribution in [2.75, 3.05) is 33.5 Å². The Balaban J connectivity index is 3.55. The van der Waals surface area contributed by atoms with Crippen molar-refractivity contribution in [3.8, 4) is 0 Å². The van der Waals surface area contributed by atoms with E-state index in [9.17, 15) is 13.2 Å². The quantitative estimate of drug-likeness (QED) is 0.660. The van der Waals surface area contributed by atoms with E-state index in [0.29, 0.717) is 19.1 Å². The van der Waals surface area contributed by atoms with E-state index >= 15 is 0 Å². The zero-order valence-corrected chi connectivity index (χ0v) is 9.93. The lowest BCUT2D eigenvalue weighted by Crippen LogP contribution is -2.39. The SMILES string of the molecule is COCC(NCCOCC(F)(F)F)C(C)C. The fourth-order valence-electron chi connectivity index (χ4n) is 1.17. The summed E-state index contributed by atoms with van der Waals surface area (Å²) in [4.78, 5) is 0. The van der Waals surface area contributed by atoms with Gasteiger partial charge in [-0.1, -0.05) is 13.8 Å². The van der Waals surface area contributed by atoms with Crippen LogP contribution in [-0.2, 0) is 9.47 Å². The maximum Gasteiger partial charge on any atom is 0.411 e. The van der Waals surface area contributed by atoms with Crippen LogP contribution in [0.3, 0.4) is 0 Å². The third-order valence-corrected chi connectivity index (χ3v) is 2.07. The summed E-state index contributed by atoms with van der Waals surface area (Å²) in [5.74, 6) is 0.363. The van der Waals surface area contributed by atoms with Gasteiger partial charge in [-0.15, -0.1) is 0 Å². The van der Waals surface area contributed by atoms with Gasteiger partial charge in [-0.3, -0.25) is 0 Å². The Kier molecular flexibility index (Phi) is 7.70. The van der Waals surface area contributed by atoms with Gasteiger partial charge in [-0.05, 0) is 5.92 Å².